The third kappa shape index (κ3) is 6.15. The summed E-state index contributed by atoms with van der Waals surface area (Å²) in [6, 6.07) is 0.537. The van der Waals surface area contributed by atoms with Crippen LogP contribution in [0.3, 0.4) is 0 Å². The van der Waals surface area contributed by atoms with Crippen LogP contribution in [0.15, 0.2) is 0 Å². The molecule has 4 heteroatoms. The smallest absolute Gasteiger partial charge is 0.147 e. The maximum Gasteiger partial charge on any atom is 0.147 e. The first-order valence-corrected chi connectivity index (χ1v) is 7.94. The molecule has 3 nitrogen and oxygen atoms in total. The molecule has 1 aliphatic carbocycles. The van der Waals surface area contributed by atoms with E-state index in [1.807, 2.05) is 0 Å². The van der Waals surface area contributed by atoms with Crippen LogP contribution in [0.5, 0.6) is 0 Å². The molecule has 1 saturated carbocycles. The molecule has 15 heavy (non-hydrogen) atoms. The van der Waals surface area contributed by atoms with Gasteiger partial charge in [0.1, 0.15) is 9.84 Å². The SMILES string of the molecule is CC(CC1CCC1)NCCCS(C)(=O)=O. The van der Waals surface area contributed by atoms with Gasteiger partial charge in [0.15, 0.2) is 0 Å². The van der Waals surface area contributed by atoms with Gasteiger partial charge in [-0.25, -0.2) is 8.42 Å². The van der Waals surface area contributed by atoms with E-state index in [9.17, 15) is 8.42 Å². The summed E-state index contributed by atoms with van der Waals surface area (Å²) in [7, 11) is -2.78. The van der Waals surface area contributed by atoms with Gasteiger partial charge in [0, 0.05) is 12.3 Å². The fraction of sp³-hybridized carbons (Fsp3) is 1.00. The summed E-state index contributed by atoms with van der Waals surface area (Å²) < 4.78 is 21.8. The Kier molecular flexibility index (Phi) is 5.06. The van der Waals surface area contributed by atoms with E-state index in [2.05, 4.69) is 12.2 Å². The first-order chi connectivity index (χ1) is 6.97. The fourth-order valence-corrected chi connectivity index (χ4v) is 2.66. The Bertz CT molecular complexity index is 270. The second-order valence-corrected chi connectivity index (χ2v) is 7.13. The molecule has 1 N–H and O–H groups in total. The molecule has 0 saturated heterocycles. The average molecular weight is 233 g/mol. The van der Waals surface area contributed by atoms with Crippen molar-refractivity contribution in [2.75, 3.05) is 18.6 Å². The molecule has 1 unspecified atom stereocenters. The predicted octanol–water partition coefficient (Wildman–Crippen LogP) is 1.59. The van der Waals surface area contributed by atoms with Crippen LogP contribution in [0.25, 0.3) is 0 Å². The van der Waals surface area contributed by atoms with Gasteiger partial charge in [0.25, 0.3) is 0 Å². The van der Waals surface area contributed by atoms with Gasteiger partial charge in [0.05, 0.1) is 5.75 Å². The highest BCUT2D eigenvalue weighted by Gasteiger charge is 2.19. The Morgan fingerprint density at radius 3 is 2.53 bits per heavy atom. The normalized spacial score (nSPS) is 19.9. The molecule has 0 aliphatic heterocycles. The van der Waals surface area contributed by atoms with Crippen molar-refractivity contribution in [1.29, 1.82) is 0 Å². The van der Waals surface area contributed by atoms with E-state index in [1.165, 1.54) is 31.9 Å². The van der Waals surface area contributed by atoms with Crippen LogP contribution in [-0.4, -0.2) is 33.0 Å². The van der Waals surface area contributed by atoms with E-state index in [-0.39, 0.29) is 0 Å². The van der Waals surface area contributed by atoms with Crippen molar-refractivity contribution < 1.29 is 8.42 Å². The van der Waals surface area contributed by atoms with E-state index in [4.69, 9.17) is 0 Å². The molecule has 0 amide bonds. The lowest BCUT2D eigenvalue weighted by Crippen LogP contribution is -2.31. The maximum atomic E-state index is 10.9. The van der Waals surface area contributed by atoms with E-state index >= 15 is 0 Å². The third-order valence-electron chi connectivity index (χ3n) is 3.10. The maximum absolute atomic E-state index is 10.9. The highest BCUT2D eigenvalue weighted by molar-refractivity contribution is 7.90. The highest BCUT2D eigenvalue weighted by atomic mass is 32.2. The van der Waals surface area contributed by atoms with Crippen LogP contribution in [0, 0.1) is 5.92 Å². The zero-order valence-corrected chi connectivity index (χ0v) is 10.6. The Balaban J connectivity index is 1.99. The molecule has 0 radical (unpaired) electrons. The quantitative estimate of drug-likeness (QED) is 0.679. The van der Waals surface area contributed by atoms with Crippen molar-refractivity contribution in [2.24, 2.45) is 5.92 Å². The summed E-state index contributed by atoms with van der Waals surface area (Å²) in [6.45, 7) is 3.01. The monoisotopic (exact) mass is 233 g/mol. The fourth-order valence-electron chi connectivity index (χ4n) is 1.99. The molecule has 0 aromatic rings. The van der Waals surface area contributed by atoms with Crippen LogP contribution in [0.4, 0.5) is 0 Å². The number of hydrogen-bond donors (Lipinski definition) is 1. The minimum Gasteiger partial charge on any atom is -0.314 e. The largest absolute Gasteiger partial charge is 0.314 e. The van der Waals surface area contributed by atoms with Gasteiger partial charge < -0.3 is 5.32 Å². The molecule has 90 valence electrons. The summed E-state index contributed by atoms with van der Waals surface area (Å²) in [5, 5.41) is 3.39. The van der Waals surface area contributed by atoms with E-state index in [1.54, 1.807) is 0 Å². The van der Waals surface area contributed by atoms with Gasteiger partial charge >= 0.3 is 0 Å². The summed E-state index contributed by atoms with van der Waals surface area (Å²) in [5.41, 5.74) is 0. The van der Waals surface area contributed by atoms with Crippen molar-refractivity contribution in [3.63, 3.8) is 0 Å². The van der Waals surface area contributed by atoms with Gasteiger partial charge in [-0.3, -0.25) is 0 Å². The molecule has 1 atom stereocenters. The Hall–Kier alpha value is -0.0900. The highest BCUT2D eigenvalue weighted by Crippen LogP contribution is 2.30. The van der Waals surface area contributed by atoms with Crippen LogP contribution in [0.2, 0.25) is 0 Å². The summed E-state index contributed by atoms with van der Waals surface area (Å²) in [5.74, 6) is 1.22. The first kappa shape index (κ1) is 13.0. The van der Waals surface area contributed by atoms with Gasteiger partial charge in [-0.15, -0.1) is 0 Å². The van der Waals surface area contributed by atoms with Crippen LogP contribution in [-0.2, 0) is 9.84 Å². The second-order valence-electron chi connectivity index (χ2n) is 4.87. The van der Waals surface area contributed by atoms with E-state index in [0.717, 1.165) is 18.9 Å². The van der Waals surface area contributed by atoms with Crippen molar-refractivity contribution >= 4 is 9.84 Å². The number of rotatable bonds is 7. The van der Waals surface area contributed by atoms with Crippen molar-refractivity contribution in [3.05, 3.63) is 0 Å². The molecule has 0 bridgehead atoms. The molecule has 0 aromatic carbocycles. The topological polar surface area (TPSA) is 46.2 Å². The average Bonchev–Trinajstić information content (AvgIpc) is 2.04. The summed E-state index contributed by atoms with van der Waals surface area (Å²) in [6.07, 6.45) is 7.44. The molecule has 1 rings (SSSR count). The molecule has 1 fully saturated rings. The van der Waals surface area contributed by atoms with Gasteiger partial charge in [-0.2, -0.15) is 0 Å². The minimum atomic E-state index is -2.78. The molecular weight excluding hydrogens is 210 g/mol. The predicted molar refractivity (Wildman–Crippen MR) is 63.8 cm³/mol. The van der Waals surface area contributed by atoms with Crippen LogP contribution >= 0.6 is 0 Å². The minimum absolute atomic E-state index is 0.302. The van der Waals surface area contributed by atoms with Crippen LogP contribution < -0.4 is 5.32 Å². The Labute approximate surface area is 93.6 Å². The van der Waals surface area contributed by atoms with Crippen molar-refractivity contribution in [3.8, 4) is 0 Å². The van der Waals surface area contributed by atoms with Crippen molar-refractivity contribution in [1.82, 2.24) is 5.32 Å². The molecule has 1 aliphatic rings. The van der Waals surface area contributed by atoms with Gasteiger partial charge in [-0.1, -0.05) is 19.3 Å². The summed E-state index contributed by atoms with van der Waals surface area (Å²) in [4.78, 5) is 0. The molecule has 0 heterocycles. The first-order valence-electron chi connectivity index (χ1n) is 5.88. The third-order valence-corrected chi connectivity index (χ3v) is 4.13. The van der Waals surface area contributed by atoms with E-state index in [0.29, 0.717) is 11.8 Å². The molecule has 0 aromatic heterocycles. The lowest BCUT2D eigenvalue weighted by Gasteiger charge is -2.28. The lowest BCUT2D eigenvalue weighted by atomic mass is 9.81. The molecular formula is C11H23NO2S. The molecule has 0 spiro atoms. The van der Waals surface area contributed by atoms with Crippen molar-refractivity contribution in [2.45, 2.75) is 45.1 Å². The van der Waals surface area contributed by atoms with Crippen LogP contribution in [0.1, 0.15) is 39.0 Å². The Morgan fingerprint density at radius 1 is 1.40 bits per heavy atom. The summed E-state index contributed by atoms with van der Waals surface area (Å²) >= 11 is 0. The lowest BCUT2D eigenvalue weighted by molar-refractivity contribution is 0.266. The number of nitrogens with one attached hydrogen (secondary N) is 1. The van der Waals surface area contributed by atoms with Gasteiger partial charge in [-0.05, 0) is 32.2 Å². The zero-order chi connectivity index (χ0) is 11.3. The van der Waals surface area contributed by atoms with E-state index < -0.39 is 9.84 Å². The van der Waals surface area contributed by atoms with Gasteiger partial charge in [0.2, 0.25) is 0 Å². The number of hydrogen-bond acceptors (Lipinski definition) is 3. The number of sulfone groups is 1. The standard InChI is InChI=1S/C11H23NO2S/c1-10(9-11-5-3-6-11)12-7-4-8-15(2,13)14/h10-12H,3-9H2,1-2H3. The zero-order valence-electron chi connectivity index (χ0n) is 9.83. The Morgan fingerprint density at radius 2 is 2.07 bits per heavy atom. The second kappa shape index (κ2) is 5.85.